The topological polar surface area (TPSA) is 42.0 Å². The number of fused-ring (bicyclic) bond motifs is 1. The molecular weight excluding hydrogens is 436 g/mol. The largest absolute Gasteiger partial charge is 0.321 e. The van der Waals surface area contributed by atoms with Crippen molar-refractivity contribution in [2.24, 2.45) is 0 Å². The maximum atomic E-state index is 13.2. The summed E-state index contributed by atoms with van der Waals surface area (Å²) in [5.41, 5.74) is 4.43. The van der Waals surface area contributed by atoms with E-state index < -0.39 is 0 Å². The molecule has 1 N–H and O–H groups in total. The number of rotatable bonds is 3. The zero-order chi connectivity index (χ0) is 19.7. The third-order valence-corrected chi connectivity index (χ3v) is 5.19. The second kappa shape index (κ2) is 7.74. The van der Waals surface area contributed by atoms with Crippen molar-refractivity contribution >= 4 is 50.0 Å². The first-order valence-electron chi connectivity index (χ1n) is 8.67. The van der Waals surface area contributed by atoms with E-state index in [1.54, 1.807) is 18.2 Å². The molecule has 0 bridgehead atoms. The van der Waals surface area contributed by atoms with Gasteiger partial charge in [0.05, 0.1) is 27.5 Å². The Hall–Kier alpha value is -2.69. The molecule has 1 radical (unpaired) electrons. The lowest BCUT2D eigenvalue weighted by Gasteiger charge is -2.15. The standard InChI is InChI=1S/C23H15BrClN2O/c1-14-21(23(28)26-18-9-5-8-17(25)13-18)19-12-16(24)10-11-20(19)27-22(14)15-6-3-2-4-7-15/h2-12H,1H3,(H,26,28). The van der Waals surface area contributed by atoms with Gasteiger partial charge in [-0.2, -0.15) is 0 Å². The van der Waals surface area contributed by atoms with Crippen LogP contribution < -0.4 is 5.32 Å². The van der Waals surface area contributed by atoms with Crippen LogP contribution in [0.15, 0.2) is 71.2 Å². The van der Waals surface area contributed by atoms with Crippen LogP contribution in [0.1, 0.15) is 15.9 Å². The van der Waals surface area contributed by atoms with Crippen molar-refractivity contribution in [2.45, 2.75) is 6.92 Å². The number of carbonyl (C=O) groups is 1. The molecular formula is C23H15BrClN2O. The molecule has 0 saturated heterocycles. The van der Waals surface area contributed by atoms with E-state index in [9.17, 15) is 4.79 Å². The summed E-state index contributed by atoms with van der Waals surface area (Å²) in [6.07, 6.45) is 0. The molecule has 28 heavy (non-hydrogen) atoms. The zero-order valence-corrected chi connectivity index (χ0v) is 17.3. The van der Waals surface area contributed by atoms with E-state index in [4.69, 9.17) is 16.6 Å². The van der Waals surface area contributed by atoms with Gasteiger partial charge < -0.3 is 5.32 Å². The predicted octanol–water partition coefficient (Wildman–Crippen LogP) is 6.68. The smallest absolute Gasteiger partial charge is 0.256 e. The minimum Gasteiger partial charge on any atom is -0.321 e. The fourth-order valence-electron chi connectivity index (χ4n) is 3.20. The highest BCUT2D eigenvalue weighted by molar-refractivity contribution is 9.10. The average molecular weight is 451 g/mol. The van der Waals surface area contributed by atoms with Crippen LogP contribution in [0.25, 0.3) is 22.2 Å². The number of nitrogens with one attached hydrogen (secondary N) is 1. The molecule has 1 amide bonds. The number of aromatic nitrogens is 1. The SMILES string of the molecule is Cc1c(-c2ccccc2)nc2ccc(Br)cc2c1C(=O)Nc1[c]c(Cl)ccc1. The van der Waals surface area contributed by atoms with Gasteiger partial charge in [-0.1, -0.05) is 63.9 Å². The van der Waals surface area contributed by atoms with Gasteiger partial charge in [-0.05, 0) is 42.8 Å². The lowest BCUT2D eigenvalue weighted by Crippen LogP contribution is -2.15. The average Bonchev–Trinajstić information content (AvgIpc) is 2.68. The number of benzene rings is 3. The number of pyridine rings is 1. The Balaban J connectivity index is 1.91. The van der Waals surface area contributed by atoms with E-state index in [2.05, 4.69) is 27.3 Å². The second-order valence-corrected chi connectivity index (χ2v) is 7.68. The van der Waals surface area contributed by atoms with E-state index in [0.717, 1.165) is 32.2 Å². The lowest BCUT2D eigenvalue weighted by atomic mass is 9.97. The van der Waals surface area contributed by atoms with Crippen LogP contribution in [0.3, 0.4) is 0 Å². The van der Waals surface area contributed by atoms with Crippen LogP contribution in [0, 0.1) is 13.0 Å². The Bertz CT molecular complexity index is 1190. The van der Waals surface area contributed by atoms with Crippen molar-refractivity contribution in [3.63, 3.8) is 0 Å². The van der Waals surface area contributed by atoms with Crippen LogP contribution in [0.5, 0.6) is 0 Å². The summed E-state index contributed by atoms with van der Waals surface area (Å²) >= 11 is 9.50. The molecule has 3 aromatic carbocycles. The Morgan fingerprint density at radius 1 is 1.07 bits per heavy atom. The summed E-state index contributed by atoms with van der Waals surface area (Å²) in [6.45, 7) is 1.92. The molecule has 3 nitrogen and oxygen atoms in total. The number of amides is 1. The highest BCUT2D eigenvalue weighted by atomic mass is 79.9. The van der Waals surface area contributed by atoms with Gasteiger partial charge in [0.1, 0.15) is 0 Å². The number of anilines is 1. The van der Waals surface area contributed by atoms with Gasteiger partial charge >= 0.3 is 0 Å². The Labute approximate surface area is 176 Å². The van der Waals surface area contributed by atoms with E-state index in [1.807, 2.05) is 55.5 Å². The first-order valence-corrected chi connectivity index (χ1v) is 9.84. The van der Waals surface area contributed by atoms with Crippen molar-refractivity contribution < 1.29 is 4.79 Å². The predicted molar refractivity (Wildman–Crippen MR) is 118 cm³/mol. The van der Waals surface area contributed by atoms with Crippen LogP contribution >= 0.6 is 27.5 Å². The van der Waals surface area contributed by atoms with Crippen molar-refractivity contribution in [3.8, 4) is 11.3 Å². The number of hydrogen-bond acceptors (Lipinski definition) is 2. The summed E-state index contributed by atoms with van der Waals surface area (Å²) in [4.78, 5) is 18.1. The quantitative estimate of drug-likeness (QED) is 0.378. The van der Waals surface area contributed by atoms with Crippen molar-refractivity contribution in [3.05, 3.63) is 93.4 Å². The Morgan fingerprint density at radius 2 is 1.86 bits per heavy atom. The van der Waals surface area contributed by atoms with Crippen molar-refractivity contribution in [1.82, 2.24) is 4.98 Å². The third kappa shape index (κ3) is 3.66. The molecule has 0 aliphatic carbocycles. The number of nitrogens with zero attached hydrogens (tertiary/aromatic N) is 1. The van der Waals surface area contributed by atoms with Gasteiger partial charge in [-0.15, -0.1) is 0 Å². The summed E-state index contributed by atoms with van der Waals surface area (Å²) in [5, 5.41) is 4.14. The van der Waals surface area contributed by atoms with Gasteiger partial charge in [-0.25, -0.2) is 4.98 Å². The number of carbonyl (C=O) groups excluding carboxylic acids is 1. The molecule has 4 aromatic rings. The van der Waals surface area contributed by atoms with Gasteiger partial charge in [0.15, 0.2) is 0 Å². The molecule has 0 spiro atoms. The molecule has 0 fully saturated rings. The minimum absolute atomic E-state index is 0.223. The van der Waals surface area contributed by atoms with Gasteiger partial charge in [0.2, 0.25) is 0 Å². The molecule has 4 rings (SSSR count). The minimum atomic E-state index is -0.223. The van der Waals surface area contributed by atoms with E-state index in [0.29, 0.717) is 16.3 Å². The fourth-order valence-corrected chi connectivity index (χ4v) is 3.73. The molecule has 0 atom stereocenters. The molecule has 137 valence electrons. The summed E-state index contributed by atoms with van der Waals surface area (Å²) < 4.78 is 0.886. The summed E-state index contributed by atoms with van der Waals surface area (Å²) in [6, 6.07) is 23.8. The van der Waals surface area contributed by atoms with Crippen LogP contribution in [0.2, 0.25) is 5.02 Å². The van der Waals surface area contributed by atoms with Crippen LogP contribution in [-0.2, 0) is 0 Å². The molecule has 0 unspecified atom stereocenters. The highest BCUT2D eigenvalue weighted by Gasteiger charge is 2.19. The highest BCUT2D eigenvalue weighted by Crippen LogP contribution is 2.31. The van der Waals surface area contributed by atoms with E-state index >= 15 is 0 Å². The van der Waals surface area contributed by atoms with E-state index in [-0.39, 0.29) is 5.91 Å². The van der Waals surface area contributed by atoms with Crippen LogP contribution in [-0.4, -0.2) is 10.9 Å². The Morgan fingerprint density at radius 3 is 2.61 bits per heavy atom. The Kier molecular flexibility index (Phi) is 5.16. The van der Waals surface area contributed by atoms with Gasteiger partial charge in [0, 0.05) is 21.5 Å². The number of hydrogen-bond donors (Lipinski definition) is 1. The zero-order valence-electron chi connectivity index (χ0n) is 15.0. The second-order valence-electron chi connectivity index (χ2n) is 6.35. The third-order valence-electron chi connectivity index (χ3n) is 4.47. The molecule has 1 aromatic heterocycles. The van der Waals surface area contributed by atoms with Gasteiger partial charge in [0.25, 0.3) is 5.91 Å². The van der Waals surface area contributed by atoms with E-state index in [1.165, 1.54) is 0 Å². The normalized spacial score (nSPS) is 10.8. The molecule has 5 heteroatoms. The monoisotopic (exact) mass is 449 g/mol. The lowest BCUT2D eigenvalue weighted by molar-refractivity contribution is 0.102. The van der Waals surface area contributed by atoms with Crippen molar-refractivity contribution in [1.29, 1.82) is 0 Å². The summed E-state index contributed by atoms with van der Waals surface area (Å²) in [7, 11) is 0. The molecule has 0 aliphatic heterocycles. The first kappa shape index (κ1) is 18.7. The maximum Gasteiger partial charge on any atom is 0.256 e. The molecule has 0 saturated carbocycles. The molecule has 0 aliphatic rings. The van der Waals surface area contributed by atoms with Crippen LogP contribution in [0.4, 0.5) is 5.69 Å². The summed E-state index contributed by atoms with van der Waals surface area (Å²) in [5.74, 6) is -0.223. The van der Waals surface area contributed by atoms with Gasteiger partial charge in [-0.3, -0.25) is 4.79 Å². The maximum absolute atomic E-state index is 13.2. The fraction of sp³-hybridized carbons (Fsp3) is 0.0435. The molecule has 1 heterocycles. The number of halogens is 2. The first-order chi connectivity index (χ1) is 13.5. The van der Waals surface area contributed by atoms with Crippen molar-refractivity contribution in [2.75, 3.05) is 5.32 Å².